The minimum atomic E-state index is -0.284. The molecular formula is C22H23FN2O2. The van der Waals surface area contributed by atoms with Crippen LogP contribution in [0.4, 0.5) is 4.39 Å². The lowest BCUT2D eigenvalue weighted by Crippen LogP contribution is -2.38. The van der Waals surface area contributed by atoms with Gasteiger partial charge in [0.05, 0.1) is 12.3 Å². The van der Waals surface area contributed by atoms with Crippen molar-refractivity contribution in [1.82, 2.24) is 4.90 Å². The van der Waals surface area contributed by atoms with Crippen molar-refractivity contribution in [2.75, 3.05) is 6.54 Å². The SMILES string of the molecule is Cc1ccc(C2=NO[C@H](CN(Cc3cccc(F)c3)C(=O)C3CC3)C2)cc1. The normalized spacial score (nSPS) is 18.7. The van der Waals surface area contributed by atoms with Gasteiger partial charge in [-0.15, -0.1) is 0 Å². The van der Waals surface area contributed by atoms with Crippen molar-refractivity contribution in [3.63, 3.8) is 0 Å². The summed E-state index contributed by atoms with van der Waals surface area (Å²) in [6.07, 6.45) is 2.38. The van der Waals surface area contributed by atoms with Crippen LogP contribution in [0.1, 0.15) is 36.0 Å². The van der Waals surface area contributed by atoms with E-state index in [0.29, 0.717) is 19.5 Å². The Morgan fingerprint density at radius 1 is 1.22 bits per heavy atom. The van der Waals surface area contributed by atoms with Crippen LogP contribution in [0.2, 0.25) is 0 Å². The predicted octanol–water partition coefficient (Wildman–Crippen LogP) is 4.07. The summed E-state index contributed by atoms with van der Waals surface area (Å²) in [6, 6.07) is 14.6. The molecule has 4 rings (SSSR count). The molecule has 140 valence electrons. The first-order valence-corrected chi connectivity index (χ1v) is 9.41. The first kappa shape index (κ1) is 17.7. The Bertz CT molecular complexity index is 859. The Labute approximate surface area is 158 Å². The lowest BCUT2D eigenvalue weighted by molar-refractivity contribution is -0.135. The number of benzene rings is 2. The van der Waals surface area contributed by atoms with Crippen molar-refractivity contribution in [3.8, 4) is 0 Å². The van der Waals surface area contributed by atoms with E-state index in [4.69, 9.17) is 4.84 Å². The largest absolute Gasteiger partial charge is 0.390 e. The van der Waals surface area contributed by atoms with Crippen LogP contribution in [-0.4, -0.2) is 29.2 Å². The van der Waals surface area contributed by atoms with E-state index in [1.165, 1.54) is 17.7 Å². The zero-order valence-electron chi connectivity index (χ0n) is 15.4. The summed E-state index contributed by atoms with van der Waals surface area (Å²) in [6.45, 7) is 2.91. The maximum atomic E-state index is 13.5. The zero-order chi connectivity index (χ0) is 18.8. The molecule has 0 radical (unpaired) electrons. The summed E-state index contributed by atoms with van der Waals surface area (Å²) in [7, 11) is 0. The van der Waals surface area contributed by atoms with Gasteiger partial charge in [-0.3, -0.25) is 4.79 Å². The van der Waals surface area contributed by atoms with Crippen LogP contribution in [0.25, 0.3) is 0 Å². The maximum absolute atomic E-state index is 13.5. The number of carbonyl (C=O) groups is 1. The number of carbonyl (C=O) groups excluding carboxylic acids is 1. The van der Waals surface area contributed by atoms with E-state index in [-0.39, 0.29) is 23.7 Å². The van der Waals surface area contributed by atoms with Crippen LogP contribution in [0.15, 0.2) is 53.7 Å². The summed E-state index contributed by atoms with van der Waals surface area (Å²) in [5, 5.41) is 4.23. The lowest BCUT2D eigenvalue weighted by Gasteiger charge is -2.25. The molecule has 5 heteroatoms. The number of aryl methyl sites for hydroxylation is 1. The number of halogens is 1. The molecule has 0 spiro atoms. The smallest absolute Gasteiger partial charge is 0.226 e. The van der Waals surface area contributed by atoms with Crippen LogP contribution in [0.5, 0.6) is 0 Å². The highest BCUT2D eigenvalue weighted by Gasteiger charge is 2.35. The molecule has 0 unspecified atom stereocenters. The van der Waals surface area contributed by atoms with E-state index in [1.54, 1.807) is 11.0 Å². The van der Waals surface area contributed by atoms with Gasteiger partial charge >= 0.3 is 0 Å². The molecule has 0 aromatic heterocycles. The number of oxime groups is 1. The number of nitrogens with zero attached hydrogens (tertiary/aromatic N) is 2. The first-order chi connectivity index (χ1) is 13.1. The summed E-state index contributed by atoms with van der Waals surface area (Å²) in [5.74, 6) is -0.0440. The highest BCUT2D eigenvalue weighted by molar-refractivity contribution is 6.01. The van der Waals surface area contributed by atoms with Gasteiger partial charge in [-0.1, -0.05) is 47.1 Å². The third-order valence-electron chi connectivity index (χ3n) is 5.04. The number of amides is 1. The van der Waals surface area contributed by atoms with Gasteiger partial charge in [0.2, 0.25) is 5.91 Å². The van der Waals surface area contributed by atoms with Crippen molar-refractivity contribution in [1.29, 1.82) is 0 Å². The standard InChI is InChI=1S/C22H23FN2O2/c1-15-5-7-17(8-6-15)21-12-20(27-24-21)14-25(22(26)18-9-10-18)13-16-3-2-4-19(23)11-16/h2-8,11,18,20H,9-10,12-14H2,1H3/t20-/m0/s1. The third-order valence-corrected chi connectivity index (χ3v) is 5.04. The molecule has 1 atom stereocenters. The molecule has 1 heterocycles. The van der Waals surface area contributed by atoms with Crippen LogP contribution >= 0.6 is 0 Å². The topological polar surface area (TPSA) is 41.9 Å². The Kier molecular flexibility index (Phi) is 4.92. The van der Waals surface area contributed by atoms with Crippen LogP contribution < -0.4 is 0 Å². The monoisotopic (exact) mass is 366 g/mol. The molecular weight excluding hydrogens is 343 g/mol. The maximum Gasteiger partial charge on any atom is 0.226 e. The number of hydrogen-bond acceptors (Lipinski definition) is 3. The molecule has 0 N–H and O–H groups in total. The van der Waals surface area contributed by atoms with E-state index in [2.05, 4.69) is 17.3 Å². The van der Waals surface area contributed by atoms with Crippen LogP contribution in [0, 0.1) is 18.7 Å². The zero-order valence-corrected chi connectivity index (χ0v) is 15.4. The molecule has 0 bridgehead atoms. The van der Waals surface area contributed by atoms with E-state index in [9.17, 15) is 9.18 Å². The Hall–Kier alpha value is -2.69. The summed E-state index contributed by atoms with van der Waals surface area (Å²) < 4.78 is 13.5. The van der Waals surface area contributed by atoms with E-state index < -0.39 is 0 Å². The quantitative estimate of drug-likeness (QED) is 0.773. The number of rotatable bonds is 6. The highest BCUT2D eigenvalue weighted by Crippen LogP contribution is 2.32. The fraction of sp³-hybridized carbons (Fsp3) is 0.364. The predicted molar refractivity (Wildman–Crippen MR) is 102 cm³/mol. The van der Waals surface area contributed by atoms with E-state index in [1.807, 2.05) is 25.1 Å². The summed E-state index contributed by atoms with van der Waals surface area (Å²) in [4.78, 5) is 20.1. The average Bonchev–Trinajstić information content (AvgIpc) is 3.40. The van der Waals surface area contributed by atoms with Gasteiger partial charge in [-0.05, 0) is 43.0 Å². The minimum Gasteiger partial charge on any atom is -0.390 e. The van der Waals surface area contributed by atoms with Crippen molar-refractivity contribution in [3.05, 3.63) is 71.0 Å². The first-order valence-electron chi connectivity index (χ1n) is 9.41. The molecule has 27 heavy (non-hydrogen) atoms. The van der Waals surface area contributed by atoms with Gasteiger partial charge in [-0.2, -0.15) is 0 Å². The van der Waals surface area contributed by atoms with Crippen molar-refractivity contribution in [2.45, 2.75) is 38.8 Å². The van der Waals surface area contributed by atoms with Crippen molar-refractivity contribution < 1.29 is 14.0 Å². The van der Waals surface area contributed by atoms with E-state index in [0.717, 1.165) is 29.7 Å². The average molecular weight is 366 g/mol. The van der Waals surface area contributed by atoms with Gasteiger partial charge in [-0.25, -0.2) is 4.39 Å². The molecule has 2 aliphatic rings. The molecule has 1 aliphatic heterocycles. The third kappa shape index (κ3) is 4.35. The molecule has 1 saturated carbocycles. The minimum absolute atomic E-state index is 0.109. The number of hydrogen-bond donors (Lipinski definition) is 0. The van der Waals surface area contributed by atoms with Gasteiger partial charge in [0.1, 0.15) is 5.82 Å². The molecule has 2 aromatic carbocycles. The highest BCUT2D eigenvalue weighted by atomic mass is 19.1. The molecule has 0 saturated heterocycles. The molecule has 1 aliphatic carbocycles. The second-order valence-corrected chi connectivity index (χ2v) is 7.46. The molecule has 1 amide bonds. The van der Waals surface area contributed by atoms with Gasteiger partial charge < -0.3 is 9.74 Å². The van der Waals surface area contributed by atoms with Gasteiger partial charge in [0.15, 0.2) is 6.10 Å². The van der Waals surface area contributed by atoms with Crippen LogP contribution in [-0.2, 0) is 16.2 Å². The second kappa shape index (κ2) is 7.51. The Morgan fingerprint density at radius 3 is 2.70 bits per heavy atom. The van der Waals surface area contributed by atoms with Crippen molar-refractivity contribution >= 4 is 11.6 Å². The van der Waals surface area contributed by atoms with Gasteiger partial charge in [0, 0.05) is 18.9 Å². The van der Waals surface area contributed by atoms with Gasteiger partial charge in [0.25, 0.3) is 0 Å². The molecule has 4 nitrogen and oxygen atoms in total. The summed E-state index contributed by atoms with van der Waals surface area (Å²) in [5.41, 5.74) is 3.95. The molecule has 1 fully saturated rings. The second-order valence-electron chi connectivity index (χ2n) is 7.46. The fourth-order valence-electron chi connectivity index (χ4n) is 3.37. The summed E-state index contributed by atoms with van der Waals surface area (Å²) >= 11 is 0. The molecule has 2 aromatic rings. The van der Waals surface area contributed by atoms with E-state index >= 15 is 0 Å². The lowest BCUT2D eigenvalue weighted by atomic mass is 10.0. The van der Waals surface area contributed by atoms with Crippen LogP contribution in [0.3, 0.4) is 0 Å². The fourth-order valence-corrected chi connectivity index (χ4v) is 3.37. The Morgan fingerprint density at radius 2 is 2.00 bits per heavy atom. The van der Waals surface area contributed by atoms with Crippen molar-refractivity contribution in [2.24, 2.45) is 11.1 Å². The Balaban J connectivity index is 1.43.